The molecular formula is C22H24F2N4O3. The lowest BCUT2D eigenvalue weighted by molar-refractivity contribution is 0.0216. The molecular weight excluding hydrogens is 406 g/mol. The van der Waals surface area contributed by atoms with Crippen LogP contribution in [-0.4, -0.2) is 52.2 Å². The van der Waals surface area contributed by atoms with Crippen molar-refractivity contribution in [1.82, 2.24) is 14.9 Å². The van der Waals surface area contributed by atoms with Gasteiger partial charge >= 0.3 is 6.09 Å². The van der Waals surface area contributed by atoms with Gasteiger partial charge in [-0.3, -0.25) is 4.98 Å². The molecule has 3 aromatic rings. The van der Waals surface area contributed by atoms with E-state index in [-0.39, 0.29) is 29.2 Å². The molecule has 0 saturated carbocycles. The lowest BCUT2D eigenvalue weighted by Crippen LogP contribution is -2.54. The summed E-state index contributed by atoms with van der Waals surface area (Å²) in [5, 5.41) is 0. The van der Waals surface area contributed by atoms with E-state index in [9.17, 15) is 13.6 Å². The molecule has 4 rings (SSSR count). The zero-order valence-corrected chi connectivity index (χ0v) is 17.9. The molecule has 1 unspecified atom stereocenters. The molecule has 1 aromatic carbocycles. The zero-order valence-electron chi connectivity index (χ0n) is 17.9. The van der Waals surface area contributed by atoms with E-state index in [1.807, 2.05) is 32.6 Å². The normalized spacial score (nSPS) is 17.3. The van der Waals surface area contributed by atoms with E-state index in [0.29, 0.717) is 30.9 Å². The van der Waals surface area contributed by atoms with E-state index < -0.39 is 17.2 Å². The third-order valence-corrected chi connectivity index (χ3v) is 5.01. The molecule has 31 heavy (non-hydrogen) atoms. The van der Waals surface area contributed by atoms with Crippen molar-refractivity contribution in [2.24, 2.45) is 0 Å². The summed E-state index contributed by atoms with van der Waals surface area (Å²) >= 11 is 0. The van der Waals surface area contributed by atoms with Crippen LogP contribution in [0.2, 0.25) is 0 Å². The van der Waals surface area contributed by atoms with Crippen LogP contribution in [0.3, 0.4) is 0 Å². The predicted octanol–water partition coefficient (Wildman–Crippen LogP) is 4.61. The SMILES string of the molecule is CC1CN(C(=O)OC(C)(C)C)CCN1c1nc2c(F)c(F)cc(-c3ccccn3)c2o1. The van der Waals surface area contributed by atoms with Gasteiger partial charge in [0.1, 0.15) is 5.60 Å². The van der Waals surface area contributed by atoms with Crippen LogP contribution >= 0.6 is 0 Å². The first-order valence-electron chi connectivity index (χ1n) is 10.1. The van der Waals surface area contributed by atoms with Gasteiger partial charge in [0.05, 0.1) is 5.69 Å². The topological polar surface area (TPSA) is 71.7 Å². The fraction of sp³-hybridized carbons (Fsp3) is 0.409. The lowest BCUT2D eigenvalue weighted by Gasteiger charge is -2.39. The molecule has 1 aliphatic heterocycles. The van der Waals surface area contributed by atoms with Crippen LogP contribution in [0.15, 0.2) is 34.9 Å². The highest BCUT2D eigenvalue weighted by molar-refractivity contribution is 5.90. The molecule has 1 saturated heterocycles. The Kier molecular flexibility index (Phi) is 5.28. The first kappa shape index (κ1) is 21.0. The summed E-state index contributed by atoms with van der Waals surface area (Å²) in [6.45, 7) is 8.54. The lowest BCUT2D eigenvalue weighted by atomic mass is 10.1. The molecule has 3 heterocycles. The van der Waals surface area contributed by atoms with Crippen LogP contribution in [0.25, 0.3) is 22.4 Å². The summed E-state index contributed by atoms with van der Waals surface area (Å²) < 4.78 is 40.1. The summed E-state index contributed by atoms with van der Waals surface area (Å²) in [5.41, 5.74) is 0.151. The van der Waals surface area contributed by atoms with Crippen LogP contribution in [0.5, 0.6) is 0 Å². The van der Waals surface area contributed by atoms with Crippen LogP contribution in [0, 0.1) is 11.6 Å². The molecule has 1 atom stereocenters. The maximum Gasteiger partial charge on any atom is 0.410 e. The van der Waals surface area contributed by atoms with E-state index in [0.717, 1.165) is 6.07 Å². The van der Waals surface area contributed by atoms with Gasteiger partial charge in [-0.05, 0) is 45.9 Å². The number of ether oxygens (including phenoxy) is 1. The number of pyridine rings is 1. The Morgan fingerprint density at radius 1 is 1.26 bits per heavy atom. The fourth-order valence-electron chi connectivity index (χ4n) is 3.58. The second-order valence-corrected chi connectivity index (χ2v) is 8.58. The average molecular weight is 430 g/mol. The number of benzene rings is 1. The minimum atomic E-state index is -1.07. The Morgan fingerprint density at radius 2 is 2.03 bits per heavy atom. The monoisotopic (exact) mass is 430 g/mol. The first-order valence-corrected chi connectivity index (χ1v) is 10.1. The number of rotatable bonds is 2. The Balaban J connectivity index is 1.64. The quantitative estimate of drug-likeness (QED) is 0.591. The number of hydrogen-bond acceptors (Lipinski definition) is 6. The smallest absolute Gasteiger partial charge is 0.410 e. The number of piperazine rings is 1. The van der Waals surface area contributed by atoms with Gasteiger partial charge in [0, 0.05) is 37.4 Å². The Morgan fingerprint density at radius 3 is 2.68 bits per heavy atom. The second kappa shape index (κ2) is 7.79. The van der Waals surface area contributed by atoms with Gasteiger partial charge in [0.15, 0.2) is 22.7 Å². The van der Waals surface area contributed by atoms with E-state index in [1.54, 1.807) is 29.3 Å². The van der Waals surface area contributed by atoms with Crippen LogP contribution in [0.1, 0.15) is 27.7 Å². The van der Waals surface area contributed by atoms with Crippen molar-refractivity contribution < 1.29 is 22.7 Å². The fourth-order valence-corrected chi connectivity index (χ4v) is 3.58. The summed E-state index contributed by atoms with van der Waals surface area (Å²) in [5.74, 6) is -2.08. The van der Waals surface area contributed by atoms with Crippen molar-refractivity contribution in [3.8, 4) is 11.3 Å². The molecule has 164 valence electrons. The summed E-state index contributed by atoms with van der Waals surface area (Å²) in [4.78, 5) is 24.3. The minimum Gasteiger partial charge on any atom is -0.444 e. The van der Waals surface area contributed by atoms with Gasteiger partial charge in [-0.2, -0.15) is 4.98 Å². The number of carbonyl (C=O) groups is 1. The van der Waals surface area contributed by atoms with Gasteiger partial charge in [-0.15, -0.1) is 0 Å². The average Bonchev–Trinajstić information content (AvgIpc) is 3.15. The first-order chi connectivity index (χ1) is 14.6. The maximum atomic E-state index is 14.5. The number of halogens is 2. The van der Waals surface area contributed by atoms with Gasteiger partial charge in [-0.25, -0.2) is 13.6 Å². The van der Waals surface area contributed by atoms with Gasteiger partial charge < -0.3 is 19.0 Å². The summed E-state index contributed by atoms with van der Waals surface area (Å²) in [6, 6.07) is 6.26. The number of aromatic nitrogens is 2. The molecule has 1 amide bonds. The number of fused-ring (bicyclic) bond motifs is 1. The number of oxazole rings is 1. The van der Waals surface area contributed by atoms with Crippen LogP contribution in [-0.2, 0) is 4.74 Å². The van der Waals surface area contributed by atoms with Gasteiger partial charge in [0.25, 0.3) is 6.01 Å². The highest BCUT2D eigenvalue weighted by Gasteiger charge is 2.33. The number of amides is 1. The standard InChI is InChI=1S/C22H24F2N4O3/c1-13-12-27(21(29)31-22(2,3)4)9-10-28(13)20-26-18-17(24)15(23)11-14(19(18)30-20)16-7-5-6-8-25-16/h5-8,11,13H,9-10,12H2,1-4H3. The zero-order chi connectivity index (χ0) is 22.3. The van der Waals surface area contributed by atoms with Crippen molar-refractivity contribution in [3.63, 3.8) is 0 Å². The molecule has 0 bridgehead atoms. The van der Waals surface area contributed by atoms with Crippen molar-refractivity contribution >= 4 is 23.2 Å². The van der Waals surface area contributed by atoms with E-state index in [4.69, 9.17) is 9.15 Å². The van der Waals surface area contributed by atoms with E-state index in [1.165, 1.54) is 0 Å². The maximum absolute atomic E-state index is 14.5. The summed E-state index contributed by atoms with van der Waals surface area (Å²) in [6.07, 6.45) is 1.18. The molecule has 0 spiro atoms. The van der Waals surface area contributed by atoms with Crippen LogP contribution < -0.4 is 4.90 Å². The molecule has 2 aromatic heterocycles. The van der Waals surface area contributed by atoms with Gasteiger partial charge in [-0.1, -0.05) is 6.07 Å². The third-order valence-electron chi connectivity index (χ3n) is 5.01. The number of nitrogens with zero attached hydrogens (tertiary/aromatic N) is 4. The Hall–Kier alpha value is -3.23. The minimum absolute atomic E-state index is 0.134. The number of anilines is 1. The van der Waals surface area contributed by atoms with Crippen LogP contribution in [0.4, 0.5) is 19.6 Å². The van der Waals surface area contributed by atoms with Crippen molar-refractivity contribution in [2.45, 2.75) is 39.3 Å². The molecule has 1 fully saturated rings. The van der Waals surface area contributed by atoms with Crippen molar-refractivity contribution in [1.29, 1.82) is 0 Å². The molecule has 7 nitrogen and oxygen atoms in total. The highest BCUT2D eigenvalue weighted by atomic mass is 19.2. The van der Waals surface area contributed by atoms with E-state index >= 15 is 0 Å². The highest BCUT2D eigenvalue weighted by Crippen LogP contribution is 2.35. The second-order valence-electron chi connectivity index (χ2n) is 8.58. The largest absolute Gasteiger partial charge is 0.444 e. The Bertz CT molecular complexity index is 1110. The number of hydrogen-bond donors (Lipinski definition) is 0. The van der Waals surface area contributed by atoms with E-state index in [2.05, 4.69) is 9.97 Å². The molecule has 0 aliphatic carbocycles. The molecule has 0 N–H and O–H groups in total. The molecule has 1 aliphatic rings. The van der Waals surface area contributed by atoms with Gasteiger partial charge in [0.2, 0.25) is 0 Å². The summed E-state index contributed by atoms with van der Waals surface area (Å²) in [7, 11) is 0. The Labute approximate surface area is 178 Å². The van der Waals surface area contributed by atoms with Crippen molar-refractivity contribution in [2.75, 3.05) is 24.5 Å². The predicted molar refractivity (Wildman–Crippen MR) is 112 cm³/mol. The molecule has 0 radical (unpaired) electrons. The number of carbonyl (C=O) groups excluding carboxylic acids is 1. The third kappa shape index (κ3) is 4.17. The molecule has 9 heteroatoms. The van der Waals surface area contributed by atoms with Crippen molar-refractivity contribution in [3.05, 3.63) is 42.1 Å².